The summed E-state index contributed by atoms with van der Waals surface area (Å²) in [5.74, 6) is -1.43. The first-order chi connectivity index (χ1) is 10.0. The summed E-state index contributed by atoms with van der Waals surface area (Å²) in [4.78, 5) is 14.7. The number of nitrogens with one attached hydrogen (secondary N) is 1. The maximum Gasteiger partial charge on any atom is 0.315 e. The minimum atomic E-state index is -1.10. The number of nitrogens with zero attached hydrogens (tertiary/aromatic N) is 1. The third-order valence-electron chi connectivity index (χ3n) is 4.31. The van der Waals surface area contributed by atoms with E-state index in [4.69, 9.17) is 0 Å². The molecule has 0 bridgehead atoms. The van der Waals surface area contributed by atoms with Crippen LogP contribution in [0, 0.1) is 17.1 Å². The zero-order valence-corrected chi connectivity index (χ0v) is 11.2. The van der Waals surface area contributed by atoms with Crippen LogP contribution in [0.5, 0.6) is 0 Å². The lowest BCUT2D eigenvalue weighted by molar-refractivity contribution is -0.143. The van der Waals surface area contributed by atoms with Crippen LogP contribution in [-0.2, 0) is 16.6 Å². The summed E-state index contributed by atoms with van der Waals surface area (Å²) in [5, 5.41) is 19.3. The van der Waals surface area contributed by atoms with Crippen molar-refractivity contribution in [2.75, 3.05) is 0 Å². The van der Waals surface area contributed by atoms with Crippen molar-refractivity contribution < 1.29 is 14.3 Å². The van der Waals surface area contributed by atoms with Gasteiger partial charge in [-0.1, -0.05) is 6.08 Å². The number of carboxylic acid groups (broad SMARTS) is 1. The molecule has 1 heterocycles. The van der Waals surface area contributed by atoms with Crippen molar-refractivity contribution >= 4 is 16.9 Å². The molecule has 1 atom stereocenters. The Morgan fingerprint density at radius 2 is 2.38 bits per heavy atom. The van der Waals surface area contributed by atoms with E-state index in [1.54, 1.807) is 6.08 Å². The fourth-order valence-electron chi connectivity index (χ4n) is 3.31. The van der Waals surface area contributed by atoms with Gasteiger partial charge in [-0.25, -0.2) is 4.39 Å². The van der Waals surface area contributed by atoms with Crippen LogP contribution in [0.2, 0.25) is 0 Å². The van der Waals surface area contributed by atoms with Gasteiger partial charge in [-0.05, 0) is 37.0 Å². The average Bonchev–Trinajstić information content (AvgIpc) is 3.00. The Balaban J connectivity index is 2.37. The van der Waals surface area contributed by atoms with Gasteiger partial charge in [0.1, 0.15) is 11.2 Å². The van der Waals surface area contributed by atoms with Crippen LogP contribution in [0.4, 0.5) is 4.39 Å². The second kappa shape index (κ2) is 4.45. The second-order valence-electron chi connectivity index (χ2n) is 5.32. The normalized spacial score (nSPS) is 20.2. The topological polar surface area (TPSA) is 76.9 Å². The summed E-state index contributed by atoms with van der Waals surface area (Å²) in [5.41, 5.74) is 0.726. The van der Waals surface area contributed by atoms with Gasteiger partial charge < -0.3 is 10.1 Å². The minimum absolute atomic E-state index is 0.216. The average molecular weight is 284 g/mol. The summed E-state index contributed by atoms with van der Waals surface area (Å²) >= 11 is 0. The van der Waals surface area contributed by atoms with Crippen molar-refractivity contribution in [1.82, 2.24) is 4.98 Å². The predicted molar refractivity (Wildman–Crippen MR) is 75.4 cm³/mol. The number of carboxylic acids is 1. The van der Waals surface area contributed by atoms with Crippen LogP contribution in [0.15, 0.2) is 24.8 Å². The highest BCUT2D eigenvalue weighted by Crippen LogP contribution is 2.45. The fourth-order valence-corrected chi connectivity index (χ4v) is 3.31. The zero-order chi connectivity index (χ0) is 15.2. The molecule has 2 N–H and O–H groups in total. The van der Waals surface area contributed by atoms with Crippen LogP contribution in [0.25, 0.3) is 10.9 Å². The SMILES string of the molecule is C=CCC1(C(=O)O)CCc2c1[nH]c1c(F)ccc(C#N)c21. The maximum absolute atomic E-state index is 14.0. The number of H-pyrrole nitrogens is 1. The van der Waals surface area contributed by atoms with Gasteiger partial charge in [-0.2, -0.15) is 5.26 Å². The lowest BCUT2D eigenvalue weighted by atomic mass is 9.82. The van der Waals surface area contributed by atoms with Gasteiger partial charge in [-0.15, -0.1) is 6.58 Å². The summed E-state index contributed by atoms with van der Waals surface area (Å²) < 4.78 is 14.0. The Labute approximate surface area is 120 Å². The lowest BCUT2D eigenvalue weighted by Crippen LogP contribution is -2.33. The number of aryl methyl sites for hydroxylation is 1. The molecule has 0 spiro atoms. The molecule has 0 saturated heterocycles. The molecule has 1 aliphatic rings. The lowest BCUT2D eigenvalue weighted by Gasteiger charge is -2.22. The van der Waals surface area contributed by atoms with Gasteiger partial charge in [0.2, 0.25) is 0 Å². The molecule has 0 fully saturated rings. The number of benzene rings is 1. The van der Waals surface area contributed by atoms with E-state index in [1.165, 1.54) is 12.1 Å². The van der Waals surface area contributed by atoms with E-state index in [-0.39, 0.29) is 11.9 Å². The Morgan fingerprint density at radius 3 is 3.00 bits per heavy atom. The molecule has 21 heavy (non-hydrogen) atoms. The van der Waals surface area contributed by atoms with E-state index in [9.17, 15) is 19.6 Å². The number of hydrogen-bond donors (Lipinski definition) is 2. The number of halogens is 1. The van der Waals surface area contributed by atoms with Gasteiger partial charge in [0.15, 0.2) is 0 Å². The molecule has 0 amide bonds. The van der Waals surface area contributed by atoms with Crippen molar-refractivity contribution in [2.45, 2.75) is 24.7 Å². The summed E-state index contributed by atoms with van der Waals surface area (Å²) in [7, 11) is 0. The van der Waals surface area contributed by atoms with Crippen LogP contribution in [0.3, 0.4) is 0 Å². The standard InChI is InChI=1S/C16H13FN2O2/c1-2-6-16(15(20)21)7-5-10-12-9(8-18)3-4-11(17)13(12)19-14(10)16/h2-4,19H,1,5-7H2,(H,20,21). The quantitative estimate of drug-likeness (QED) is 0.850. The van der Waals surface area contributed by atoms with E-state index < -0.39 is 17.2 Å². The zero-order valence-electron chi connectivity index (χ0n) is 11.2. The summed E-state index contributed by atoms with van der Waals surface area (Å²) in [6.07, 6.45) is 2.77. The van der Waals surface area contributed by atoms with Crippen molar-refractivity contribution in [3.05, 3.63) is 47.4 Å². The van der Waals surface area contributed by atoms with E-state index >= 15 is 0 Å². The van der Waals surface area contributed by atoms with Crippen LogP contribution < -0.4 is 0 Å². The smallest absolute Gasteiger partial charge is 0.315 e. The van der Waals surface area contributed by atoms with Gasteiger partial charge >= 0.3 is 5.97 Å². The highest BCUT2D eigenvalue weighted by Gasteiger charge is 2.47. The first-order valence-electron chi connectivity index (χ1n) is 6.63. The molecule has 3 rings (SSSR count). The van der Waals surface area contributed by atoms with Crippen molar-refractivity contribution in [1.29, 1.82) is 5.26 Å². The number of allylic oxidation sites excluding steroid dienone is 1. The van der Waals surface area contributed by atoms with Crippen molar-refractivity contribution in [3.63, 3.8) is 0 Å². The number of hydrogen-bond acceptors (Lipinski definition) is 2. The van der Waals surface area contributed by atoms with Crippen LogP contribution >= 0.6 is 0 Å². The molecule has 106 valence electrons. The number of rotatable bonds is 3. The largest absolute Gasteiger partial charge is 0.481 e. The molecular weight excluding hydrogens is 271 g/mol. The molecule has 1 aromatic heterocycles. The first kappa shape index (κ1) is 13.4. The van der Waals surface area contributed by atoms with Gasteiger partial charge in [0.25, 0.3) is 0 Å². The molecule has 0 radical (unpaired) electrons. The molecular formula is C16H13FN2O2. The second-order valence-corrected chi connectivity index (χ2v) is 5.32. The Bertz CT molecular complexity index is 816. The Morgan fingerprint density at radius 1 is 1.62 bits per heavy atom. The highest BCUT2D eigenvalue weighted by atomic mass is 19.1. The van der Waals surface area contributed by atoms with Crippen molar-refractivity contribution in [3.8, 4) is 6.07 Å². The van der Waals surface area contributed by atoms with Gasteiger partial charge in [-0.3, -0.25) is 4.79 Å². The fraction of sp³-hybridized carbons (Fsp3) is 0.250. The third-order valence-corrected chi connectivity index (χ3v) is 4.31. The first-order valence-corrected chi connectivity index (χ1v) is 6.63. The van der Waals surface area contributed by atoms with E-state index in [1.807, 2.05) is 6.07 Å². The molecule has 5 heteroatoms. The van der Waals surface area contributed by atoms with E-state index in [0.717, 1.165) is 5.56 Å². The summed E-state index contributed by atoms with van der Waals surface area (Å²) in [6.45, 7) is 3.63. The van der Waals surface area contributed by atoms with E-state index in [0.29, 0.717) is 29.5 Å². The Hall–Kier alpha value is -2.61. The molecule has 1 unspecified atom stereocenters. The third kappa shape index (κ3) is 1.62. The number of nitriles is 1. The predicted octanol–water partition coefficient (Wildman–Crippen LogP) is 3.02. The molecule has 2 aromatic rings. The number of aliphatic carboxylic acids is 1. The molecule has 0 saturated carbocycles. The number of fused-ring (bicyclic) bond motifs is 3. The molecule has 1 aromatic carbocycles. The van der Waals surface area contributed by atoms with E-state index in [2.05, 4.69) is 11.6 Å². The molecule has 1 aliphatic carbocycles. The minimum Gasteiger partial charge on any atom is -0.481 e. The van der Waals surface area contributed by atoms with Gasteiger partial charge in [0, 0.05) is 11.1 Å². The number of aromatic amines is 1. The van der Waals surface area contributed by atoms with Crippen molar-refractivity contribution in [2.24, 2.45) is 0 Å². The van der Waals surface area contributed by atoms with Gasteiger partial charge in [0.05, 0.1) is 17.1 Å². The molecule has 0 aliphatic heterocycles. The number of carbonyl (C=O) groups is 1. The maximum atomic E-state index is 14.0. The Kier molecular flexibility index (Phi) is 2.84. The summed E-state index contributed by atoms with van der Waals surface area (Å²) in [6, 6.07) is 4.70. The van der Waals surface area contributed by atoms with Crippen LogP contribution in [-0.4, -0.2) is 16.1 Å². The number of aromatic nitrogens is 1. The monoisotopic (exact) mass is 284 g/mol. The van der Waals surface area contributed by atoms with Crippen LogP contribution in [0.1, 0.15) is 29.7 Å². The molecule has 4 nitrogen and oxygen atoms in total. The highest BCUT2D eigenvalue weighted by molar-refractivity contribution is 5.95.